The highest BCUT2D eigenvalue weighted by Crippen LogP contribution is 2.44. The molecule has 0 amide bonds. The smallest absolute Gasteiger partial charge is 0.160 e. The molecule has 0 radical (unpaired) electrons. The molecule has 1 aromatic heterocycles. The first-order chi connectivity index (χ1) is 24.8. The molecule has 8 aromatic carbocycles. The van der Waals surface area contributed by atoms with Gasteiger partial charge < -0.3 is 0 Å². The molecule has 2 heteroatoms. The van der Waals surface area contributed by atoms with Crippen molar-refractivity contribution < 1.29 is 0 Å². The molecular weight excluding hydrogens is 605 g/mol. The van der Waals surface area contributed by atoms with E-state index in [9.17, 15) is 0 Å². The van der Waals surface area contributed by atoms with Gasteiger partial charge in [-0.05, 0) is 61.0 Å². The maximum atomic E-state index is 5.06. The van der Waals surface area contributed by atoms with Crippen LogP contribution in [0.2, 0.25) is 0 Å². The molecule has 50 heavy (non-hydrogen) atoms. The third-order valence-corrected chi connectivity index (χ3v) is 9.51. The van der Waals surface area contributed by atoms with Crippen molar-refractivity contribution in [1.82, 2.24) is 9.97 Å². The minimum Gasteiger partial charge on any atom is -0.228 e. The summed E-state index contributed by atoms with van der Waals surface area (Å²) in [6.45, 7) is 0. The minimum absolute atomic E-state index is 0.718. The third kappa shape index (κ3) is 5.43. The van der Waals surface area contributed by atoms with Crippen molar-refractivity contribution in [3.63, 3.8) is 0 Å². The van der Waals surface area contributed by atoms with Gasteiger partial charge in [-0.2, -0.15) is 0 Å². The molecule has 0 aliphatic rings. The monoisotopic (exact) mass is 636 g/mol. The Morgan fingerprint density at radius 2 is 0.540 bits per heavy atom. The Labute approximate surface area is 292 Å². The van der Waals surface area contributed by atoms with Crippen LogP contribution >= 0.6 is 0 Å². The summed E-state index contributed by atoms with van der Waals surface area (Å²) in [5.74, 6) is 0.718. The van der Waals surface area contributed by atoms with Crippen molar-refractivity contribution in [2.24, 2.45) is 0 Å². The summed E-state index contributed by atoms with van der Waals surface area (Å²) >= 11 is 0. The number of aromatic nitrogens is 2. The standard InChI is InChI=1S/C48H32N2/c1-4-14-33(15-5-1)34-24-28-37(29-25-34)46-40-20-10-12-22-42(40)47(43-23-13-11-21-41(43)46)38-30-26-36(27-31-38)45-32-44(35-16-6-2-7-17-35)49-48(50-45)39-18-8-3-9-19-39/h1-32H. The van der Waals surface area contributed by atoms with E-state index in [0.717, 1.165) is 33.9 Å². The van der Waals surface area contributed by atoms with Crippen LogP contribution in [0.25, 0.3) is 88.8 Å². The number of nitrogens with zero attached hydrogens (tertiary/aromatic N) is 2. The van der Waals surface area contributed by atoms with E-state index in [-0.39, 0.29) is 0 Å². The fourth-order valence-electron chi connectivity index (χ4n) is 7.09. The molecule has 234 valence electrons. The van der Waals surface area contributed by atoms with Gasteiger partial charge in [0.2, 0.25) is 0 Å². The van der Waals surface area contributed by atoms with Crippen LogP contribution in [0.1, 0.15) is 0 Å². The molecule has 0 unspecified atom stereocenters. The Balaban J connectivity index is 1.17. The lowest BCUT2D eigenvalue weighted by atomic mass is 9.85. The zero-order valence-corrected chi connectivity index (χ0v) is 27.4. The van der Waals surface area contributed by atoms with Gasteiger partial charge in [0, 0.05) is 16.7 Å². The number of hydrogen-bond donors (Lipinski definition) is 0. The van der Waals surface area contributed by atoms with Crippen LogP contribution in [0, 0.1) is 0 Å². The Morgan fingerprint density at radius 1 is 0.240 bits per heavy atom. The molecule has 0 saturated heterocycles. The highest BCUT2D eigenvalue weighted by atomic mass is 14.9. The lowest BCUT2D eigenvalue weighted by Gasteiger charge is -2.18. The molecule has 0 bridgehead atoms. The fourth-order valence-corrected chi connectivity index (χ4v) is 7.09. The average molecular weight is 637 g/mol. The summed E-state index contributed by atoms with van der Waals surface area (Å²) in [6, 6.07) is 68.7. The molecule has 0 aliphatic heterocycles. The maximum Gasteiger partial charge on any atom is 0.160 e. The van der Waals surface area contributed by atoms with E-state index >= 15 is 0 Å². The second-order valence-corrected chi connectivity index (χ2v) is 12.6. The van der Waals surface area contributed by atoms with Crippen molar-refractivity contribution >= 4 is 21.5 Å². The molecular formula is C48H32N2. The topological polar surface area (TPSA) is 25.8 Å². The van der Waals surface area contributed by atoms with Gasteiger partial charge >= 0.3 is 0 Å². The van der Waals surface area contributed by atoms with Gasteiger partial charge in [0.25, 0.3) is 0 Å². The molecule has 0 atom stereocenters. The predicted octanol–water partition coefficient (Wildman–Crippen LogP) is 12.8. The van der Waals surface area contributed by atoms with E-state index in [4.69, 9.17) is 9.97 Å². The summed E-state index contributed by atoms with van der Waals surface area (Å²) in [5.41, 5.74) is 12.2. The molecule has 1 heterocycles. The van der Waals surface area contributed by atoms with Crippen molar-refractivity contribution in [2.45, 2.75) is 0 Å². The number of benzene rings is 8. The van der Waals surface area contributed by atoms with E-state index in [0.29, 0.717) is 0 Å². The summed E-state index contributed by atoms with van der Waals surface area (Å²) in [5, 5.41) is 4.96. The number of rotatable bonds is 6. The Kier molecular flexibility index (Phi) is 7.53. The molecule has 9 aromatic rings. The molecule has 0 fully saturated rings. The lowest BCUT2D eigenvalue weighted by Crippen LogP contribution is -1.96. The molecule has 0 saturated carbocycles. The Morgan fingerprint density at radius 3 is 0.980 bits per heavy atom. The minimum atomic E-state index is 0.718. The van der Waals surface area contributed by atoms with Crippen molar-refractivity contribution in [2.75, 3.05) is 0 Å². The van der Waals surface area contributed by atoms with Gasteiger partial charge in [0.1, 0.15) is 0 Å². The summed E-state index contributed by atoms with van der Waals surface area (Å²) in [4.78, 5) is 10.0. The van der Waals surface area contributed by atoms with Crippen LogP contribution in [0.3, 0.4) is 0 Å². The van der Waals surface area contributed by atoms with Gasteiger partial charge in [-0.25, -0.2) is 9.97 Å². The van der Waals surface area contributed by atoms with Gasteiger partial charge in [-0.15, -0.1) is 0 Å². The molecule has 2 nitrogen and oxygen atoms in total. The first kappa shape index (κ1) is 29.5. The SMILES string of the molecule is c1ccc(-c2ccc(-c3c4ccccc4c(-c4ccc(-c5cc(-c6ccccc6)nc(-c6ccccc6)n5)cc4)c4ccccc34)cc2)cc1. The fraction of sp³-hybridized carbons (Fsp3) is 0. The predicted molar refractivity (Wildman–Crippen MR) is 210 cm³/mol. The number of fused-ring (bicyclic) bond motifs is 2. The normalized spacial score (nSPS) is 11.2. The van der Waals surface area contributed by atoms with Crippen LogP contribution in [-0.2, 0) is 0 Å². The van der Waals surface area contributed by atoms with Crippen LogP contribution < -0.4 is 0 Å². The van der Waals surface area contributed by atoms with Gasteiger partial charge in [-0.3, -0.25) is 0 Å². The highest BCUT2D eigenvalue weighted by molar-refractivity contribution is 6.21. The molecule has 9 rings (SSSR count). The molecule has 0 spiro atoms. The zero-order chi connectivity index (χ0) is 33.3. The van der Waals surface area contributed by atoms with E-state index in [2.05, 4.69) is 158 Å². The molecule has 0 aliphatic carbocycles. The van der Waals surface area contributed by atoms with Crippen molar-refractivity contribution in [3.8, 4) is 67.3 Å². The first-order valence-corrected chi connectivity index (χ1v) is 17.0. The van der Waals surface area contributed by atoms with E-state index in [1.165, 1.54) is 54.9 Å². The lowest BCUT2D eigenvalue weighted by molar-refractivity contribution is 1.18. The van der Waals surface area contributed by atoms with E-state index in [1.54, 1.807) is 0 Å². The first-order valence-electron chi connectivity index (χ1n) is 17.0. The van der Waals surface area contributed by atoms with Crippen LogP contribution in [0.15, 0.2) is 194 Å². The van der Waals surface area contributed by atoms with Gasteiger partial charge in [0.15, 0.2) is 5.82 Å². The summed E-state index contributed by atoms with van der Waals surface area (Å²) in [6.07, 6.45) is 0. The quantitative estimate of drug-likeness (QED) is 0.170. The summed E-state index contributed by atoms with van der Waals surface area (Å²) < 4.78 is 0. The van der Waals surface area contributed by atoms with E-state index < -0.39 is 0 Å². The maximum absolute atomic E-state index is 5.06. The second kappa shape index (κ2) is 12.8. The average Bonchev–Trinajstić information content (AvgIpc) is 3.21. The van der Waals surface area contributed by atoms with Gasteiger partial charge in [-0.1, -0.05) is 188 Å². The van der Waals surface area contributed by atoms with Crippen molar-refractivity contribution in [3.05, 3.63) is 194 Å². The van der Waals surface area contributed by atoms with Crippen molar-refractivity contribution in [1.29, 1.82) is 0 Å². The number of hydrogen-bond acceptors (Lipinski definition) is 2. The second-order valence-electron chi connectivity index (χ2n) is 12.6. The van der Waals surface area contributed by atoms with Crippen LogP contribution in [0.5, 0.6) is 0 Å². The van der Waals surface area contributed by atoms with E-state index in [1.807, 2.05) is 36.4 Å². The zero-order valence-electron chi connectivity index (χ0n) is 27.4. The van der Waals surface area contributed by atoms with Crippen LogP contribution in [-0.4, -0.2) is 9.97 Å². The molecule has 0 N–H and O–H groups in total. The highest BCUT2D eigenvalue weighted by Gasteiger charge is 2.17. The van der Waals surface area contributed by atoms with Crippen LogP contribution in [0.4, 0.5) is 0 Å². The third-order valence-electron chi connectivity index (χ3n) is 9.51. The summed E-state index contributed by atoms with van der Waals surface area (Å²) in [7, 11) is 0. The largest absolute Gasteiger partial charge is 0.228 e. The Hall–Kier alpha value is -6.64. The van der Waals surface area contributed by atoms with Gasteiger partial charge in [0.05, 0.1) is 11.4 Å². The Bertz CT molecular complexity index is 2480.